The number of hydrogen-bond acceptors (Lipinski definition) is 5. The topological polar surface area (TPSA) is 169 Å². The Morgan fingerprint density at radius 3 is 1.38 bits per heavy atom. The van der Waals surface area contributed by atoms with Crippen molar-refractivity contribution in [1.29, 1.82) is 0 Å². The molecular weight excluding hydrogens is 372 g/mol. The van der Waals surface area contributed by atoms with E-state index in [4.69, 9.17) is 25.5 Å². The van der Waals surface area contributed by atoms with E-state index in [9.17, 15) is 19.2 Å². The zero-order valence-corrected chi connectivity index (χ0v) is 15.9. The van der Waals surface area contributed by atoms with Crippen molar-refractivity contribution in [3.05, 3.63) is 35.4 Å². The average molecular weight is 389 g/mol. The normalized spacial score (nSPS) is 9.38. The molecule has 0 aliphatic carbocycles. The molecule has 5 N–H and O–H groups in total. The summed E-state index contributed by atoms with van der Waals surface area (Å²) in [4.78, 5) is 40.3. The van der Waals surface area contributed by atoms with Crippen molar-refractivity contribution in [2.45, 2.75) is 12.5 Å². The zero-order valence-electron chi connectivity index (χ0n) is 16.3. The molecule has 0 aromatic heterocycles. The van der Waals surface area contributed by atoms with Gasteiger partial charge >= 0.3 is 70.0 Å². The van der Waals surface area contributed by atoms with E-state index in [-0.39, 0.29) is 75.3 Å². The first-order chi connectivity index (χ1) is 9.66. The summed E-state index contributed by atoms with van der Waals surface area (Å²) in [6.45, 7) is 0. The molecule has 0 radical (unpaired) electrons. The van der Waals surface area contributed by atoms with Gasteiger partial charge in [0.25, 0.3) is 0 Å². The van der Waals surface area contributed by atoms with Crippen LogP contribution in [0, 0.1) is 0 Å². The molecule has 24 heavy (non-hydrogen) atoms. The monoisotopic (exact) mass is 388 g/mol. The molecule has 0 amide bonds. The quantitative estimate of drug-likeness (QED) is 0.438. The molecule has 0 saturated carbocycles. The molecule has 0 spiro atoms. The number of rotatable bonds is 5. The van der Waals surface area contributed by atoms with Crippen LogP contribution in [0.2, 0.25) is 0 Å². The second kappa shape index (κ2) is 15.4. The number of carboxylic acids is 4. The van der Waals surface area contributed by atoms with Gasteiger partial charge in [-0.05, 0) is 12.1 Å². The molecule has 9 nitrogen and oxygen atoms in total. The average Bonchev–Trinajstić information content (AvgIpc) is 2.38. The molecule has 130 valence electrons. The Balaban J connectivity index is -0.0000000390. The molecule has 0 bridgehead atoms. The van der Waals surface area contributed by atoms with Gasteiger partial charge in [-0.3, -0.25) is 4.79 Å². The largest absolute Gasteiger partial charge is 2.00 e. The molecule has 1 rings (SSSR count). The number of benzene rings is 1. The van der Waals surface area contributed by atoms with Gasteiger partial charge in [0.1, 0.15) is 0 Å². The van der Waals surface area contributed by atoms with E-state index in [1.807, 2.05) is 0 Å². The van der Waals surface area contributed by atoms with E-state index in [2.05, 4.69) is 0 Å². The molecule has 12 heteroatoms. The van der Waals surface area contributed by atoms with Crippen molar-refractivity contribution in [3.8, 4) is 0 Å². The first kappa shape index (κ1) is 30.7. The van der Waals surface area contributed by atoms with Crippen LogP contribution in [0.1, 0.15) is 32.8 Å². The zero-order chi connectivity index (χ0) is 16.6. The maximum absolute atomic E-state index is 10.5. The van der Waals surface area contributed by atoms with Gasteiger partial charge in [-0.25, -0.2) is 14.4 Å². The second-order valence-electron chi connectivity index (χ2n) is 3.61. The molecule has 0 fully saturated rings. The predicted octanol–water partition coefficient (Wildman–Crippen LogP) is 0.0998. The van der Waals surface area contributed by atoms with Crippen molar-refractivity contribution >= 4 is 82.4 Å². The second-order valence-corrected chi connectivity index (χ2v) is 3.61. The van der Waals surface area contributed by atoms with Crippen molar-refractivity contribution in [2.75, 3.05) is 0 Å². The van der Waals surface area contributed by atoms with E-state index in [0.29, 0.717) is 0 Å². The summed E-state index contributed by atoms with van der Waals surface area (Å²) < 4.78 is 0. The minimum atomic E-state index is -1.79. The Hall–Kier alpha value is -1.12. The number of aliphatic hydroxyl groups excluding tert-OH is 1. The number of hydrogen-bond donors (Lipinski definition) is 5. The Morgan fingerprint density at radius 2 is 1.21 bits per heavy atom. The van der Waals surface area contributed by atoms with Crippen LogP contribution >= 0.6 is 12.4 Å². The first-order valence-electron chi connectivity index (χ1n) is 5.35. The van der Waals surface area contributed by atoms with Crippen molar-refractivity contribution in [1.82, 2.24) is 0 Å². The maximum atomic E-state index is 10.5. The summed E-state index contributed by atoms with van der Waals surface area (Å²) in [7, 11) is 0. The summed E-state index contributed by atoms with van der Waals surface area (Å²) in [5.41, 5.74) is -0.380. The van der Waals surface area contributed by atoms with E-state index < -0.39 is 36.4 Å². The number of aliphatic hydroxyl groups is 1. The summed E-state index contributed by atoms with van der Waals surface area (Å²) in [6.07, 6.45) is -2.54. The smallest absolute Gasteiger partial charge is 1.00 e. The Morgan fingerprint density at radius 1 is 0.875 bits per heavy atom. The first-order valence-corrected chi connectivity index (χ1v) is 5.35. The van der Waals surface area contributed by atoms with E-state index in [1.165, 1.54) is 24.3 Å². The van der Waals surface area contributed by atoms with Crippen LogP contribution < -0.4 is 0 Å². The molecular formula is C12H17ClMg2O9. The molecule has 1 atom stereocenters. The van der Waals surface area contributed by atoms with Crippen molar-refractivity contribution in [2.24, 2.45) is 0 Å². The molecule has 0 heterocycles. The van der Waals surface area contributed by atoms with Crippen LogP contribution in [0.5, 0.6) is 0 Å². The number of aromatic carboxylic acids is 2. The van der Waals surface area contributed by atoms with Crippen molar-refractivity contribution < 1.29 is 50.4 Å². The molecule has 0 saturated heterocycles. The molecule has 0 aliphatic rings. The van der Waals surface area contributed by atoms with Gasteiger partial charge in [0.05, 0.1) is 17.5 Å². The van der Waals surface area contributed by atoms with Gasteiger partial charge in [-0.2, -0.15) is 0 Å². The molecule has 1 aromatic rings. The molecule has 1 unspecified atom stereocenters. The Kier molecular flexibility index (Phi) is 19.7. The van der Waals surface area contributed by atoms with Gasteiger partial charge in [0, 0.05) is 0 Å². The third kappa shape index (κ3) is 12.3. The number of aliphatic carboxylic acids is 2. The Labute approximate surface area is 180 Å². The maximum Gasteiger partial charge on any atom is 2.00 e. The summed E-state index contributed by atoms with van der Waals surface area (Å²) >= 11 is 0. The van der Waals surface area contributed by atoms with Gasteiger partial charge < -0.3 is 31.2 Å². The van der Waals surface area contributed by atoms with E-state index in [0.717, 1.165) is 0 Å². The van der Waals surface area contributed by atoms with Gasteiger partial charge in [-0.15, -0.1) is 12.4 Å². The minimum Gasteiger partial charge on any atom is -1.00 e. The van der Waals surface area contributed by atoms with Crippen LogP contribution in [-0.2, 0) is 9.59 Å². The van der Waals surface area contributed by atoms with E-state index >= 15 is 0 Å². The standard InChI is InChI=1S/C8H6O4.C4H6O5.ClH.2Mg.4H/c9-7(10)5-3-1-2-4-6(5)8(11)12;5-2(4(8)9)1-3(6)7;;;;;;;/h1-4H,(H,9,10)(H,11,12);2,5H,1H2,(H,6,7)(H,8,9);1H;;;;;;/q;;;2*+2;4*-1. The summed E-state index contributed by atoms with van der Waals surface area (Å²) in [5, 5.41) is 41.2. The van der Waals surface area contributed by atoms with Crippen LogP contribution in [0.4, 0.5) is 0 Å². The SMILES string of the molecule is Cl.O=C(O)CC(O)C(=O)O.O=C(O)c1ccccc1C(=O)O.[H-].[H-].[H-].[H-].[Mg+2].[Mg+2]. The van der Waals surface area contributed by atoms with Gasteiger partial charge in [0.15, 0.2) is 6.10 Å². The number of carboxylic acid groups (broad SMARTS) is 4. The predicted molar refractivity (Wildman–Crippen MR) is 89.5 cm³/mol. The fourth-order valence-electron chi connectivity index (χ4n) is 1.11. The van der Waals surface area contributed by atoms with Crippen LogP contribution in [-0.4, -0.2) is 102 Å². The molecule has 0 aliphatic heterocycles. The van der Waals surface area contributed by atoms with Crippen LogP contribution in [0.15, 0.2) is 24.3 Å². The summed E-state index contributed by atoms with van der Waals surface area (Å²) in [6, 6.07) is 5.48. The third-order valence-electron chi connectivity index (χ3n) is 2.04. The van der Waals surface area contributed by atoms with Crippen LogP contribution in [0.25, 0.3) is 0 Å². The molecule has 1 aromatic carbocycles. The van der Waals surface area contributed by atoms with Gasteiger partial charge in [-0.1, -0.05) is 12.1 Å². The number of halogens is 1. The fourth-order valence-corrected chi connectivity index (χ4v) is 1.11. The fraction of sp³-hybridized carbons (Fsp3) is 0.167. The van der Waals surface area contributed by atoms with Crippen molar-refractivity contribution in [3.63, 3.8) is 0 Å². The van der Waals surface area contributed by atoms with Crippen LogP contribution in [0.3, 0.4) is 0 Å². The summed E-state index contributed by atoms with van der Waals surface area (Å²) in [5.74, 6) is -5.30. The Bertz CT molecular complexity index is 549. The minimum absolute atomic E-state index is 0. The third-order valence-corrected chi connectivity index (χ3v) is 2.04. The van der Waals surface area contributed by atoms with E-state index in [1.54, 1.807) is 0 Å². The van der Waals surface area contributed by atoms with Gasteiger partial charge in [0.2, 0.25) is 0 Å². The number of carbonyl (C=O) groups is 4.